The monoisotopic (exact) mass is 650 g/mol. The maximum Gasteiger partial charge on any atom is 0.299 e. The number of hydrogen-bond donors (Lipinski definition) is 1. The van der Waals surface area contributed by atoms with Crippen LogP contribution in [0.25, 0.3) is 11.3 Å². The summed E-state index contributed by atoms with van der Waals surface area (Å²) in [5.74, 6) is -1.05. The van der Waals surface area contributed by atoms with Gasteiger partial charge >= 0.3 is 0 Å². The lowest BCUT2D eigenvalue weighted by molar-refractivity contribution is -0.140. The fourth-order valence-corrected chi connectivity index (χ4v) is 6.80. The van der Waals surface area contributed by atoms with Gasteiger partial charge < -0.3 is 19.7 Å². The van der Waals surface area contributed by atoms with Crippen LogP contribution < -0.4 is 19.7 Å². The van der Waals surface area contributed by atoms with E-state index in [9.17, 15) is 19.2 Å². The Labute approximate surface area is 276 Å². The zero-order valence-corrected chi connectivity index (χ0v) is 26.9. The van der Waals surface area contributed by atoms with Crippen molar-refractivity contribution in [2.75, 3.05) is 31.0 Å². The van der Waals surface area contributed by atoms with Crippen molar-refractivity contribution in [3.05, 3.63) is 101 Å². The Bertz CT molecular complexity index is 1820. The van der Waals surface area contributed by atoms with Crippen molar-refractivity contribution in [3.63, 3.8) is 0 Å². The molecule has 4 aromatic rings. The number of Topliss-reactive ketones (excluding diaryl/α,β-unsaturated/α-hetero) is 1. The second-order valence-corrected chi connectivity index (χ2v) is 12.3. The first kappa shape index (κ1) is 31.7. The second kappa shape index (κ2) is 14.0. The van der Waals surface area contributed by atoms with Gasteiger partial charge in [0.2, 0.25) is 11.8 Å². The number of rotatable bonds is 11. The molecule has 2 unspecified atom stereocenters. The highest BCUT2D eigenvalue weighted by molar-refractivity contribution is 7.09. The number of aromatic nitrogens is 1. The van der Waals surface area contributed by atoms with Gasteiger partial charge in [0.05, 0.1) is 37.7 Å². The number of methoxy groups -OCH3 is 2. The standard InChI is InChI=1S/C36H34N4O6S/c1-45-26-16-12-23(13-17-26)29-22-47-31(38-29)20-40(32(41)21-39-30-11-7-6-10-28(30)34(42)36(39)44)33(24-8-4-3-5-9-24)35(43)37-25-14-18-27(46-2)19-15-25/h3-4,6-7,10-19,22,24,33H,5,8-9,20-21H2,1-2H3,(H,37,43). The van der Waals surface area contributed by atoms with Gasteiger partial charge in [-0.05, 0) is 85.8 Å². The van der Waals surface area contributed by atoms with Gasteiger partial charge in [-0.25, -0.2) is 4.98 Å². The first-order valence-electron chi connectivity index (χ1n) is 15.3. The second-order valence-electron chi connectivity index (χ2n) is 11.3. The molecular formula is C36H34N4O6S. The third-order valence-corrected chi connectivity index (χ3v) is 9.29. The normalized spacial score (nSPS) is 16.0. The van der Waals surface area contributed by atoms with Crippen LogP contribution >= 0.6 is 11.3 Å². The van der Waals surface area contributed by atoms with Crippen molar-refractivity contribution >= 4 is 46.2 Å². The largest absolute Gasteiger partial charge is 0.497 e. The Balaban J connectivity index is 1.35. The van der Waals surface area contributed by atoms with E-state index in [0.717, 1.165) is 23.4 Å². The molecule has 1 aliphatic carbocycles. The third-order valence-electron chi connectivity index (χ3n) is 8.45. The maximum absolute atomic E-state index is 14.4. The van der Waals surface area contributed by atoms with Gasteiger partial charge in [-0.1, -0.05) is 24.3 Å². The molecule has 10 nitrogen and oxygen atoms in total. The van der Waals surface area contributed by atoms with Crippen molar-refractivity contribution < 1.29 is 28.7 Å². The predicted octanol–water partition coefficient (Wildman–Crippen LogP) is 5.75. The molecule has 1 N–H and O–H groups in total. The fourth-order valence-electron chi connectivity index (χ4n) is 6.00. The molecule has 0 radical (unpaired) electrons. The van der Waals surface area contributed by atoms with Crippen LogP contribution in [-0.2, 0) is 20.9 Å². The van der Waals surface area contributed by atoms with Gasteiger partial charge in [-0.15, -0.1) is 11.3 Å². The average Bonchev–Trinajstić information content (AvgIpc) is 3.67. The zero-order valence-electron chi connectivity index (χ0n) is 26.0. The number of carbonyl (C=O) groups excluding carboxylic acids is 4. The van der Waals surface area contributed by atoms with Crippen LogP contribution in [0.15, 0.2) is 90.3 Å². The molecule has 0 saturated carbocycles. The van der Waals surface area contributed by atoms with E-state index in [2.05, 4.69) is 11.4 Å². The van der Waals surface area contributed by atoms with Crippen molar-refractivity contribution in [2.24, 2.45) is 5.92 Å². The van der Waals surface area contributed by atoms with Gasteiger partial charge in [0, 0.05) is 16.6 Å². The van der Waals surface area contributed by atoms with E-state index >= 15 is 0 Å². The van der Waals surface area contributed by atoms with E-state index in [-0.39, 0.29) is 23.9 Å². The molecule has 3 amide bonds. The molecule has 240 valence electrons. The SMILES string of the molecule is COc1ccc(NC(=O)C(C2CC=CCC2)N(Cc2nc(-c3ccc(OC)cc3)cs2)C(=O)CN2C(=O)C(=O)c3ccccc32)cc1. The molecule has 0 spiro atoms. The Morgan fingerprint density at radius 2 is 1.68 bits per heavy atom. The quantitative estimate of drug-likeness (QED) is 0.162. The summed E-state index contributed by atoms with van der Waals surface area (Å²) < 4.78 is 10.5. The zero-order chi connectivity index (χ0) is 32.9. The number of ether oxygens (including phenoxy) is 2. The third kappa shape index (κ3) is 6.80. The Hall–Kier alpha value is -5.29. The number of para-hydroxylation sites is 1. The molecule has 3 aromatic carbocycles. The van der Waals surface area contributed by atoms with Crippen LogP contribution in [0.5, 0.6) is 11.5 Å². The van der Waals surface area contributed by atoms with Crippen molar-refractivity contribution in [1.29, 1.82) is 0 Å². The number of benzene rings is 3. The van der Waals surface area contributed by atoms with Crippen molar-refractivity contribution in [1.82, 2.24) is 9.88 Å². The van der Waals surface area contributed by atoms with Crippen molar-refractivity contribution in [2.45, 2.75) is 31.8 Å². The van der Waals surface area contributed by atoms with E-state index < -0.39 is 30.2 Å². The van der Waals surface area contributed by atoms with E-state index in [4.69, 9.17) is 14.5 Å². The van der Waals surface area contributed by atoms with Gasteiger partial charge in [-0.3, -0.25) is 24.1 Å². The number of fused-ring (bicyclic) bond motifs is 1. The number of amides is 3. The molecule has 2 heterocycles. The summed E-state index contributed by atoms with van der Waals surface area (Å²) in [5.41, 5.74) is 2.81. The van der Waals surface area contributed by atoms with E-state index in [0.29, 0.717) is 35.0 Å². The smallest absolute Gasteiger partial charge is 0.299 e. The number of allylic oxidation sites excluding steroid dienone is 2. The predicted molar refractivity (Wildman–Crippen MR) is 180 cm³/mol. The summed E-state index contributed by atoms with van der Waals surface area (Å²) in [5, 5.41) is 5.54. The Morgan fingerprint density at radius 1 is 0.979 bits per heavy atom. The summed E-state index contributed by atoms with van der Waals surface area (Å²) in [7, 11) is 3.18. The highest BCUT2D eigenvalue weighted by atomic mass is 32.1. The van der Waals surface area contributed by atoms with Gasteiger partial charge in [0.1, 0.15) is 29.1 Å². The number of ketones is 1. The Kier molecular flexibility index (Phi) is 9.44. The van der Waals surface area contributed by atoms with E-state index in [1.807, 2.05) is 35.7 Å². The summed E-state index contributed by atoms with van der Waals surface area (Å²) in [6.45, 7) is -0.356. The minimum Gasteiger partial charge on any atom is -0.497 e. The molecule has 0 fully saturated rings. The summed E-state index contributed by atoms with van der Waals surface area (Å²) in [6.07, 6.45) is 6.18. The summed E-state index contributed by atoms with van der Waals surface area (Å²) in [6, 6.07) is 20.3. The highest BCUT2D eigenvalue weighted by Gasteiger charge is 2.41. The van der Waals surface area contributed by atoms with Crippen LogP contribution in [-0.4, -0.2) is 60.2 Å². The average molecular weight is 651 g/mol. The lowest BCUT2D eigenvalue weighted by Crippen LogP contribution is -2.54. The van der Waals surface area contributed by atoms with Crippen LogP contribution in [0, 0.1) is 5.92 Å². The number of anilines is 2. The molecular weight excluding hydrogens is 616 g/mol. The molecule has 0 bridgehead atoms. The number of thiazole rings is 1. The van der Waals surface area contributed by atoms with E-state index in [1.165, 1.54) is 21.1 Å². The molecule has 47 heavy (non-hydrogen) atoms. The fraction of sp³-hybridized carbons (Fsp3) is 0.250. The molecule has 1 aliphatic heterocycles. The minimum atomic E-state index is -0.883. The summed E-state index contributed by atoms with van der Waals surface area (Å²) >= 11 is 1.39. The molecule has 6 rings (SSSR count). The molecule has 11 heteroatoms. The van der Waals surface area contributed by atoms with Crippen LogP contribution in [0.4, 0.5) is 11.4 Å². The van der Waals surface area contributed by atoms with Gasteiger partial charge in [-0.2, -0.15) is 0 Å². The van der Waals surface area contributed by atoms with Crippen LogP contribution in [0.2, 0.25) is 0 Å². The number of nitrogens with one attached hydrogen (secondary N) is 1. The topological polar surface area (TPSA) is 118 Å². The highest BCUT2D eigenvalue weighted by Crippen LogP contribution is 2.32. The first-order valence-corrected chi connectivity index (χ1v) is 16.2. The lowest BCUT2D eigenvalue weighted by atomic mass is 9.86. The summed E-state index contributed by atoms with van der Waals surface area (Å²) in [4.78, 5) is 62.0. The molecule has 2 aliphatic rings. The first-order chi connectivity index (χ1) is 22.9. The Morgan fingerprint density at radius 3 is 2.36 bits per heavy atom. The molecule has 0 saturated heterocycles. The van der Waals surface area contributed by atoms with Crippen LogP contribution in [0.1, 0.15) is 34.6 Å². The molecule has 1 aromatic heterocycles. The van der Waals surface area contributed by atoms with Gasteiger partial charge in [0.15, 0.2) is 0 Å². The van der Waals surface area contributed by atoms with E-state index in [1.54, 1.807) is 62.8 Å². The lowest BCUT2D eigenvalue weighted by Gasteiger charge is -2.37. The number of carbonyl (C=O) groups is 4. The minimum absolute atomic E-state index is 0.0399. The number of hydrogen-bond acceptors (Lipinski definition) is 8. The molecule has 2 atom stereocenters. The van der Waals surface area contributed by atoms with Crippen molar-refractivity contribution in [3.8, 4) is 22.8 Å². The van der Waals surface area contributed by atoms with Crippen LogP contribution in [0.3, 0.4) is 0 Å². The maximum atomic E-state index is 14.4. The van der Waals surface area contributed by atoms with Gasteiger partial charge in [0.25, 0.3) is 11.7 Å². The number of nitrogens with zero attached hydrogens (tertiary/aromatic N) is 3.